The molecule has 0 fully saturated rings. The van der Waals surface area contributed by atoms with E-state index in [4.69, 9.17) is 0 Å². The molecule has 4 aromatic rings. The minimum absolute atomic E-state index is 0.0388. The number of carbonyl (C=O) groups excluding carboxylic acids is 2. The van der Waals surface area contributed by atoms with Crippen molar-refractivity contribution in [3.05, 3.63) is 89.5 Å². The number of para-hydroxylation sites is 1. The van der Waals surface area contributed by atoms with Crippen molar-refractivity contribution in [2.24, 2.45) is 0 Å². The molecule has 162 valence electrons. The molecule has 1 heterocycles. The molecule has 0 radical (unpaired) electrons. The van der Waals surface area contributed by atoms with Crippen molar-refractivity contribution in [3.63, 3.8) is 0 Å². The molecule has 3 aromatic carbocycles. The molecule has 32 heavy (non-hydrogen) atoms. The lowest BCUT2D eigenvalue weighted by Gasteiger charge is -2.07. The summed E-state index contributed by atoms with van der Waals surface area (Å²) in [7, 11) is 0. The van der Waals surface area contributed by atoms with Crippen LogP contribution in [-0.2, 0) is 17.9 Å². The molecule has 0 unspecified atom stereocenters. The maximum atomic E-state index is 13.7. The summed E-state index contributed by atoms with van der Waals surface area (Å²) in [5.74, 6) is -1.95. The number of nitrogens with one attached hydrogen (secondary N) is 2. The third-order valence-electron chi connectivity index (χ3n) is 4.85. The van der Waals surface area contributed by atoms with Gasteiger partial charge in [0.1, 0.15) is 17.2 Å². The average molecular weight is 435 g/mol. The molecule has 9 heteroatoms. The molecular formula is C23H19F2N5O2. The quantitative estimate of drug-likeness (QED) is 0.464. The van der Waals surface area contributed by atoms with Crippen molar-refractivity contribution < 1.29 is 18.4 Å². The van der Waals surface area contributed by atoms with Crippen LogP contribution in [0.25, 0.3) is 11.0 Å². The summed E-state index contributed by atoms with van der Waals surface area (Å²) >= 11 is 0. The largest absolute Gasteiger partial charge is 0.352 e. The van der Waals surface area contributed by atoms with Crippen molar-refractivity contribution >= 4 is 28.5 Å². The number of aromatic nitrogens is 3. The zero-order valence-corrected chi connectivity index (χ0v) is 16.9. The second-order valence-corrected chi connectivity index (χ2v) is 7.10. The minimum atomic E-state index is -0.709. The Morgan fingerprint density at radius 3 is 2.56 bits per heavy atom. The Balaban J connectivity index is 1.35. The fourth-order valence-corrected chi connectivity index (χ4v) is 3.16. The molecular weight excluding hydrogens is 416 g/mol. The summed E-state index contributed by atoms with van der Waals surface area (Å²) < 4.78 is 28.2. The van der Waals surface area contributed by atoms with E-state index < -0.39 is 11.6 Å². The highest BCUT2D eigenvalue weighted by Crippen LogP contribution is 2.16. The lowest BCUT2D eigenvalue weighted by molar-refractivity contribution is -0.121. The van der Waals surface area contributed by atoms with E-state index >= 15 is 0 Å². The molecule has 0 aliphatic rings. The summed E-state index contributed by atoms with van der Waals surface area (Å²) in [4.78, 5) is 24.6. The Bertz CT molecular complexity index is 1270. The molecule has 0 atom stereocenters. The van der Waals surface area contributed by atoms with Crippen LogP contribution in [0.1, 0.15) is 22.3 Å². The van der Waals surface area contributed by atoms with Gasteiger partial charge in [0.15, 0.2) is 0 Å². The zero-order valence-electron chi connectivity index (χ0n) is 16.9. The second kappa shape index (κ2) is 9.34. The highest BCUT2D eigenvalue weighted by atomic mass is 19.1. The van der Waals surface area contributed by atoms with Crippen molar-refractivity contribution in [3.8, 4) is 0 Å². The SMILES string of the molecule is O=C(CCn1nnc2cc(C(=O)Nc3ccccc3)ccc21)NCc1ccc(F)cc1F. The second-order valence-electron chi connectivity index (χ2n) is 7.10. The van der Waals surface area contributed by atoms with E-state index in [1.54, 1.807) is 35.0 Å². The fourth-order valence-electron chi connectivity index (χ4n) is 3.16. The van der Waals surface area contributed by atoms with E-state index in [0.29, 0.717) is 22.3 Å². The first-order valence-electron chi connectivity index (χ1n) is 9.90. The number of halogens is 2. The molecule has 0 saturated heterocycles. The Labute approximate surface area is 182 Å². The molecule has 1 aromatic heterocycles. The van der Waals surface area contributed by atoms with Gasteiger partial charge in [0.05, 0.1) is 12.1 Å². The topological polar surface area (TPSA) is 88.9 Å². The maximum absolute atomic E-state index is 13.7. The number of aryl methyl sites for hydroxylation is 1. The van der Waals surface area contributed by atoms with Gasteiger partial charge in [0.2, 0.25) is 5.91 Å². The first-order chi connectivity index (χ1) is 15.5. The first kappa shape index (κ1) is 21.1. The Hall–Kier alpha value is -4.14. The van der Waals surface area contributed by atoms with Crippen LogP contribution < -0.4 is 10.6 Å². The van der Waals surface area contributed by atoms with Gasteiger partial charge in [-0.05, 0) is 36.4 Å². The molecule has 0 aliphatic heterocycles. The van der Waals surface area contributed by atoms with Gasteiger partial charge < -0.3 is 10.6 Å². The number of hydrogen-bond acceptors (Lipinski definition) is 4. The molecule has 0 spiro atoms. The van der Waals surface area contributed by atoms with Crippen molar-refractivity contribution in [2.45, 2.75) is 19.5 Å². The van der Waals surface area contributed by atoms with Gasteiger partial charge in [-0.1, -0.05) is 29.5 Å². The summed E-state index contributed by atoms with van der Waals surface area (Å²) in [6, 6.07) is 17.3. The highest BCUT2D eigenvalue weighted by Gasteiger charge is 2.12. The number of hydrogen-bond donors (Lipinski definition) is 2. The number of carbonyl (C=O) groups is 2. The summed E-state index contributed by atoms with van der Waals surface area (Å²) in [5, 5.41) is 13.5. The van der Waals surface area contributed by atoms with E-state index in [9.17, 15) is 18.4 Å². The van der Waals surface area contributed by atoms with Gasteiger partial charge in [-0.2, -0.15) is 0 Å². The minimum Gasteiger partial charge on any atom is -0.352 e. The van der Waals surface area contributed by atoms with E-state index in [-0.39, 0.29) is 36.9 Å². The molecule has 0 aliphatic carbocycles. The van der Waals surface area contributed by atoms with E-state index in [1.807, 2.05) is 18.2 Å². The number of rotatable bonds is 7. The maximum Gasteiger partial charge on any atom is 0.255 e. The lowest BCUT2D eigenvalue weighted by atomic mass is 10.1. The Kier molecular flexibility index (Phi) is 6.16. The predicted molar refractivity (Wildman–Crippen MR) is 115 cm³/mol. The van der Waals surface area contributed by atoms with Gasteiger partial charge in [-0.3, -0.25) is 9.59 Å². The number of amides is 2. The molecule has 4 rings (SSSR count). The van der Waals surface area contributed by atoms with Crippen molar-refractivity contribution in [2.75, 3.05) is 5.32 Å². The summed E-state index contributed by atoms with van der Waals surface area (Å²) in [6.07, 6.45) is 0.0948. The highest BCUT2D eigenvalue weighted by molar-refractivity contribution is 6.05. The third kappa shape index (κ3) is 4.94. The summed E-state index contributed by atoms with van der Waals surface area (Å²) in [6.45, 7) is 0.215. The molecule has 7 nitrogen and oxygen atoms in total. The van der Waals surface area contributed by atoms with E-state index in [2.05, 4.69) is 20.9 Å². The average Bonchev–Trinajstić information content (AvgIpc) is 3.20. The number of nitrogens with zero attached hydrogens (tertiary/aromatic N) is 3. The monoisotopic (exact) mass is 435 g/mol. The number of anilines is 1. The van der Waals surface area contributed by atoms with Gasteiger partial charge in [-0.15, -0.1) is 5.10 Å². The molecule has 2 amide bonds. The van der Waals surface area contributed by atoms with Crippen LogP contribution in [0.4, 0.5) is 14.5 Å². The Morgan fingerprint density at radius 1 is 0.969 bits per heavy atom. The van der Waals surface area contributed by atoms with Crippen LogP contribution in [0.2, 0.25) is 0 Å². The lowest BCUT2D eigenvalue weighted by Crippen LogP contribution is -2.24. The van der Waals surface area contributed by atoms with Gasteiger partial charge in [0, 0.05) is 35.8 Å². The van der Waals surface area contributed by atoms with Crippen LogP contribution in [0.3, 0.4) is 0 Å². The van der Waals surface area contributed by atoms with E-state index in [0.717, 1.165) is 12.1 Å². The molecule has 0 bridgehead atoms. The predicted octanol–water partition coefficient (Wildman–Crippen LogP) is 3.67. The van der Waals surface area contributed by atoms with E-state index in [1.165, 1.54) is 6.07 Å². The Morgan fingerprint density at radius 2 is 1.78 bits per heavy atom. The fraction of sp³-hybridized carbons (Fsp3) is 0.130. The van der Waals surface area contributed by atoms with Crippen LogP contribution >= 0.6 is 0 Å². The first-order valence-corrected chi connectivity index (χ1v) is 9.90. The number of fused-ring (bicyclic) bond motifs is 1. The van der Waals surface area contributed by atoms with Crippen LogP contribution in [0.5, 0.6) is 0 Å². The van der Waals surface area contributed by atoms with Crippen molar-refractivity contribution in [1.82, 2.24) is 20.3 Å². The summed E-state index contributed by atoms with van der Waals surface area (Å²) in [5.41, 5.74) is 2.53. The van der Waals surface area contributed by atoms with Crippen molar-refractivity contribution in [1.29, 1.82) is 0 Å². The van der Waals surface area contributed by atoms with Gasteiger partial charge in [0.25, 0.3) is 5.91 Å². The van der Waals surface area contributed by atoms with Crippen LogP contribution in [-0.4, -0.2) is 26.8 Å². The standard InChI is InChI=1S/C23H19F2N5O2/c24-17-8-6-16(19(25)13-17)14-26-22(31)10-11-30-21-9-7-15(12-20(21)28-29-30)23(32)27-18-4-2-1-3-5-18/h1-9,12-13H,10-11,14H2,(H,26,31)(H,27,32). The van der Waals surface area contributed by atoms with Gasteiger partial charge >= 0.3 is 0 Å². The normalized spacial score (nSPS) is 10.8. The molecule has 0 saturated carbocycles. The third-order valence-corrected chi connectivity index (χ3v) is 4.85. The smallest absolute Gasteiger partial charge is 0.255 e. The zero-order chi connectivity index (χ0) is 22.5. The van der Waals surface area contributed by atoms with Crippen LogP contribution in [0.15, 0.2) is 66.7 Å². The van der Waals surface area contributed by atoms with Crippen LogP contribution in [0, 0.1) is 11.6 Å². The van der Waals surface area contributed by atoms with Gasteiger partial charge in [-0.25, -0.2) is 13.5 Å². The number of benzene rings is 3. The molecule has 2 N–H and O–H groups in total.